The predicted molar refractivity (Wildman–Crippen MR) is 91.8 cm³/mol. The van der Waals surface area contributed by atoms with Gasteiger partial charge in [-0.05, 0) is 12.1 Å². The monoisotopic (exact) mass is 341 g/mol. The molecule has 0 bridgehead atoms. The van der Waals surface area contributed by atoms with E-state index in [0.29, 0.717) is 17.9 Å². The zero-order valence-electron chi connectivity index (χ0n) is 13.8. The van der Waals surface area contributed by atoms with Crippen molar-refractivity contribution in [2.45, 2.75) is 6.42 Å². The number of hydrogen-bond donors (Lipinski definition) is 2. The average molecular weight is 341 g/mol. The van der Waals surface area contributed by atoms with Gasteiger partial charge < -0.3 is 15.1 Å². The number of likely N-dealkylation sites (N-methyl/N-ethyl adjacent to an activating group) is 1. The Hall–Kier alpha value is -3.16. The third-order valence-electron chi connectivity index (χ3n) is 4.08. The van der Waals surface area contributed by atoms with Crippen molar-refractivity contribution in [2.75, 3.05) is 30.4 Å². The van der Waals surface area contributed by atoms with E-state index in [-0.39, 0.29) is 30.7 Å². The van der Waals surface area contributed by atoms with Crippen molar-refractivity contribution in [2.24, 2.45) is 5.92 Å². The summed E-state index contributed by atoms with van der Waals surface area (Å²) in [5.74, 6) is -1.08. The number of rotatable bonds is 5. The Morgan fingerprint density at radius 3 is 2.80 bits per heavy atom. The molecule has 1 aliphatic heterocycles. The highest BCUT2D eigenvalue weighted by molar-refractivity contribution is 6.01. The van der Waals surface area contributed by atoms with Crippen molar-refractivity contribution < 1.29 is 14.4 Å². The number of benzene rings is 1. The Morgan fingerprint density at radius 2 is 2.12 bits per heavy atom. The Balaban J connectivity index is 1.56. The van der Waals surface area contributed by atoms with E-state index in [1.165, 1.54) is 9.80 Å². The third kappa shape index (κ3) is 3.85. The molecule has 8 heteroatoms. The van der Waals surface area contributed by atoms with Crippen molar-refractivity contribution >= 4 is 29.1 Å². The molecule has 1 atom stereocenters. The van der Waals surface area contributed by atoms with Gasteiger partial charge in [0.15, 0.2) is 0 Å². The van der Waals surface area contributed by atoms with Crippen LogP contribution in [0.15, 0.2) is 42.7 Å². The van der Waals surface area contributed by atoms with Gasteiger partial charge in [0.25, 0.3) is 0 Å². The van der Waals surface area contributed by atoms with E-state index < -0.39 is 5.92 Å². The first-order valence-electron chi connectivity index (χ1n) is 7.93. The van der Waals surface area contributed by atoms with Crippen LogP contribution in [-0.4, -0.2) is 53.0 Å². The number of nitrogens with one attached hydrogen (secondary N) is 2. The van der Waals surface area contributed by atoms with E-state index in [0.717, 1.165) is 0 Å². The van der Waals surface area contributed by atoms with Gasteiger partial charge in [-0.3, -0.25) is 19.5 Å². The SMILES string of the molecule is CN(CC(=O)Nc1ccccc1)C(=O)[C@H]1CC(=O)N(c2cn[nH]c2)C1. The quantitative estimate of drug-likeness (QED) is 0.843. The summed E-state index contributed by atoms with van der Waals surface area (Å²) in [6.07, 6.45) is 3.29. The molecule has 0 saturated carbocycles. The smallest absolute Gasteiger partial charge is 0.243 e. The zero-order valence-corrected chi connectivity index (χ0v) is 13.8. The normalized spacial score (nSPS) is 16.8. The number of H-pyrrole nitrogens is 1. The van der Waals surface area contributed by atoms with Gasteiger partial charge in [0.05, 0.1) is 24.3 Å². The van der Waals surface area contributed by atoms with E-state index >= 15 is 0 Å². The van der Waals surface area contributed by atoms with Gasteiger partial charge in [0, 0.05) is 31.9 Å². The summed E-state index contributed by atoms with van der Waals surface area (Å²) in [5.41, 5.74) is 1.32. The highest BCUT2D eigenvalue weighted by Gasteiger charge is 2.37. The van der Waals surface area contributed by atoms with Crippen LogP contribution in [0.1, 0.15) is 6.42 Å². The molecule has 1 aromatic carbocycles. The average Bonchev–Trinajstić information content (AvgIpc) is 3.24. The molecular weight excluding hydrogens is 322 g/mol. The number of anilines is 2. The van der Waals surface area contributed by atoms with E-state index in [2.05, 4.69) is 15.5 Å². The number of amides is 3. The highest BCUT2D eigenvalue weighted by atomic mass is 16.2. The first kappa shape index (κ1) is 16.7. The molecule has 2 aromatic rings. The van der Waals surface area contributed by atoms with Gasteiger partial charge in [0.1, 0.15) is 0 Å². The Morgan fingerprint density at radius 1 is 1.36 bits per heavy atom. The third-order valence-corrected chi connectivity index (χ3v) is 4.08. The van der Waals surface area contributed by atoms with Gasteiger partial charge in [-0.15, -0.1) is 0 Å². The van der Waals surface area contributed by atoms with Crippen LogP contribution >= 0.6 is 0 Å². The van der Waals surface area contributed by atoms with Crippen molar-refractivity contribution in [3.63, 3.8) is 0 Å². The topological polar surface area (TPSA) is 98.4 Å². The second kappa shape index (κ2) is 7.16. The molecule has 2 N–H and O–H groups in total. The molecule has 3 amide bonds. The van der Waals surface area contributed by atoms with Crippen molar-refractivity contribution in [1.82, 2.24) is 15.1 Å². The molecule has 1 fully saturated rings. The molecule has 1 aliphatic rings. The van der Waals surface area contributed by atoms with Crippen LogP contribution in [0.3, 0.4) is 0 Å². The summed E-state index contributed by atoms with van der Waals surface area (Å²) in [6.45, 7) is 0.228. The molecule has 0 aliphatic carbocycles. The number of aromatic amines is 1. The van der Waals surface area contributed by atoms with Gasteiger partial charge >= 0.3 is 0 Å². The number of carbonyl (C=O) groups excluding carboxylic acids is 3. The number of nitrogens with zero attached hydrogens (tertiary/aromatic N) is 3. The Labute approximate surface area is 144 Å². The number of hydrogen-bond acceptors (Lipinski definition) is 4. The molecule has 2 heterocycles. The van der Waals surface area contributed by atoms with Crippen LogP contribution in [0.2, 0.25) is 0 Å². The largest absolute Gasteiger partial charge is 0.336 e. The number of carbonyl (C=O) groups is 3. The lowest BCUT2D eigenvalue weighted by atomic mass is 10.1. The van der Waals surface area contributed by atoms with Crippen LogP contribution in [0.5, 0.6) is 0 Å². The first-order valence-corrected chi connectivity index (χ1v) is 7.93. The standard InChI is InChI=1S/C17H19N5O3/c1-21(11-15(23)20-13-5-3-2-4-6-13)17(25)12-7-16(24)22(10-12)14-8-18-19-9-14/h2-6,8-9,12H,7,10-11H2,1H3,(H,18,19)(H,20,23)/t12-/m0/s1. The fourth-order valence-electron chi connectivity index (χ4n) is 2.84. The minimum absolute atomic E-state index is 0.0653. The predicted octanol–water partition coefficient (Wildman–Crippen LogP) is 0.860. The van der Waals surface area contributed by atoms with Crippen molar-refractivity contribution in [3.8, 4) is 0 Å². The summed E-state index contributed by atoms with van der Waals surface area (Å²) in [5, 5.41) is 9.21. The Kier molecular flexibility index (Phi) is 4.78. The summed E-state index contributed by atoms with van der Waals surface area (Å²) >= 11 is 0. The summed E-state index contributed by atoms with van der Waals surface area (Å²) in [6, 6.07) is 9.04. The van der Waals surface area contributed by atoms with E-state index in [9.17, 15) is 14.4 Å². The maximum atomic E-state index is 12.5. The molecule has 3 rings (SSSR count). The molecule has 25 heavy (non-hydrogen) atoms. The second-order valence-corrected chi connectivity index (χ2v) is 5.97. The van der Waals surface area contributed by atoms with Crippen molar-refractivity contribution in [3.05, 3.63) is 42.7 Å². The zero-order chi connectivity index (χ0) is 17.8. The molecule has 1 aromatic heterocycles. The molecule has 0 radical (unpaired) electrons. The van der Waals surface area contributed by atoms with E-state index in [4.69, 9.17) is 0 Å². The van der Waals surface area contributed by atoms with Crippen LogP contribution in [0.25, 0.3) is 0 Å². The van der Waals surface area contributed by atoms with Crippen LogP contribution in [0, 0.1) is 5.92 Å². The van der Waals surface area contributed by atoms with Crippen molar-refractivity contribution in [1.29, 1.82) is 0 Å². The van der Waals surface area contributed by atoms with Crippen LogP contribution < -0.4 is 10.2 Å². The second-order valence-electron chi connectivity index (χ2n) is 5.97. The maximum Gasteiger partial charge on any atom is 0.243 e. The van der Waals surface area contributed by atoms with Gasteiger partial charge in [0.2, 0.25) is 17.7 Å². The molecule has 130 valence electrons. The highest BCUT2D eigenvalue weighted by Crippen LogP contribution is 2.25. The molecule has 8 nitrogen and oxygen atoms in total. The lowest BCUT2D eigenvalue weighted by Crippen LogP contribution is -2.39. The van der Waals surface area contributed by atoms with Crippen LogP contribution in [-0.2, 0) is 14.4 Å². The van der Waals surface area contributed by atoms with Gasteiger partial charge in [-0.2, -0.15) is 5.10 Å². The van der Waals surface area contributed by atoms with Crippen LogP contribution in [0.4, 0.5) is 11.4 Å². The summed E-state index contributed by atoms with van der Waals surface area (Å²) in [7, 11) is 1.57. The maximum absolute atomic E-state index is 12.5. The molecule has 0 unspecified atom stereocenters. The van der Waals surface area contributed by atoms with Gasteiger partial charge in [-0.1, -0.05) is 18.2 Å². The molecule has 1 saturated heterocycles. The van der Waals surface area contributed by atoms with Gasteiger partial charge in [-0.25, -0.2) is 0 Å². The minimum Gasteiger partial charge on any atom is -0.336 e. The first-order chi connectivity index (χ1) is 12.0. The lowest BCUT2D eigenvalue weighted by Gasteiger charge is -2.20. The fourth-order valence-corrected chi connectivity index (χ4v) is 2.84. The number of aromatic nitrogens is 2. The number of para-hydroxylation sites is 1. The Bertz CT molecular complexity index is 760. The molecular formula is C17H19N5O3. The van der Waals surface area contributed by atoms with E-state index in [1.54, 1.807) is 31.6 Å². The van der Waals surface area contributed by atoms with E-state index in [1.807, 2.05) is 18.2 Å². The minimum atomic E-state index is -0.461. The lowest BCUT2D eigenvalue weighted by molar-refractivity contribution is -0.137. The summed E-state index contributed by atoms with van der Waals surface area (Å²) in [4.78, 5) is 39.6. The summed E-state index contributed by atoms with van der Waals surface area (Å²) < 4.78 is 0. The fraction of sp³-hybridized carbons (Fsp3) is 0.294. The molecule has 0 spiro atoms.